The van der Waals surface area contributed by atoms with E-state index in [0.29, 0.717) is 23.6 Å². The zero-order chi connectivity index (χ0) is 16.9. The first-order valence-electron chi connectivity index (χ1n) is 7.30. The highest BCUT2D eigenvalue weighted by atomic mass is 127. The summed E-state index contributed by atoms with van der Waals surface area (Å²) in [5.74, 6) is 1.25. The largest absolute Gasteiger partial charge is 0.497 e. The summed E-state index contributed by atoms with van der Waals surface area (Å²) in [5.41, 5.74) is 2.18. The monoisotopic (exact) mass is 434 g/mol. The number of methoxy groups -OCH3 is 1. The Morgan fingerprint density at radius 3 is 2.83 bits per heavy atom. The lowest BCUT2D eigenvalue weighted by atomic mass is 10.1. The van der Waals surface area contributed by atoms with Gasteiger partial charge < -0.3 is 14.6 Å². The van der Waals surface area contributed by atoms with Crippen molar-refractivity contribution in [3.63, 3.8) is 0 Å². The molecule has 5 nitrogen and oxygen atoms in total. The fraction of sp³-hybridized carbons (Fsp3) is 0.111. The second-order valence-electron chi connectivity index (χ2n) is 5.08. The molecular formula is C18H15IN2O3. The predicted octanol–water partition coefficient (Wildman–Crippen LogP) is 3.88. The van der Waals surface area contributed by atoms with Crippen LogP contribution in [0.2, 0.25) is 0 Å². The smallest absolute Gasteiger partial charge is 0.252 e. The van der Waals surface area contributed by atoms with Crippen LogP contribution in [0.25, 0.3) is 11.3 Å². The van der Waals surface area contributed by atoms with Crippen LogP contribution in [0.15, 0.2) is 59.1 Å². The lowest BCUT2D eigenvalue weighted by molar-refractivity contribution is 0.0949. The molecule has 0 bridgehead atoms. The van der Waals surface area contributed by atoms with Gasteiger partial charge in [-0.2, -0.15) is 0 Å². The standard InChI is InChI=1S/C18H15IN2O3/c1-23-14-6-4-5-12(9-14)17-10-13(21-24-17)11-20-18(22)15-7-2-3-8-16(15)19/h2-10H,11H2,1H3,(H,20,22). The van der Waals surface area contributed by atoms with E-state index in [2.05, 4.69) is 33.1 Å². The van der Waals surface area contributed by atoms with E-state index in [1.165, 1.54) is 0 Å². The van der Waals surface area contributed by atoms with Crippen LogP contribution in [0.3, 0.4) is 0 Å². The highest BCUT2D eigenvalue weighted by Gasteiger charge is 2.11. The molecule has 1 amide bonds. The molecule has 0 atom stereocenters. The summed E-state index contributed by atoms with van der Waals surface area (Å²) in [6.45, 7) is 0.303. The van der Waals surface area contributed by atoms with Crippen molar-refractivity contribution in [2.75, 3.05) is 7.11 Å². The third kappa shape index (κ3) is 3.76. The minimum Gasteiger partial charge on any atom is -0.497 e. The van der Waals surface area contributed by atoms with Crippen molar-refractivity contribution < 1.29 is 14.1 Å². The first-order valence-corrected chi connectivity index (χ1v) is 8.38. The van der Waals surface area contributed by atoms with E-state index < -0.39 is 0 Å². The summed E-state index contributed by atoms with van der Waals surface area (Å²) in [6, 6.07) is 16.8. The van der Waals surface area contributed by atoms with Crippen LogP contribution in [0.1, 0.15) is 16.1 Å². The number of nitrogens with one attached hydrogen (secondary N) is 1. The van der Waals surface area contributed by atoms with E-state index in [-0.39, 0.29) is 5.91 Å². The lowest BCUT2D eigenvalue weighted by Crippen LogP contribution is -2.23. The summed E-state index contributed by atoms with van der Waals surface area (Å²) >= 11 is 2.14. The van der Waals surface area contributed by atoms with Gasteiger partial charge in [-0.1, -0.05) is 29.4 Å². The zero-order valence-corrected chi connectivity index (χ0v) is 15.1. The van der Waals surface area contributed by atoms with Gasteiger partial charge in [-0.05, 0) is 46.9 Å². The second kappa shape index (κ2) is 7.48. The average Bonchev–Trinajstić information content (AvgIpc) is 3.09. The van der Waals surface area contributed by atoms with Crippen LogP contribution < -0.4 is 10.1 Å². The van der Waals surface area contributed by atoms with Crippen molar-refractivity contribution in [1.82, 2.24) is 10.5 Å². The van der Waals surface area contributed by atoms with Gasteiger partial charge in [0.1, 0.15) is 11.4 Å². The Morgan fingerprint density at radius 1 is 1.21 bits per heavy atom. The van der Waals surface area contributed by atoms with Crippen molar-refractivity contribution in [2.24, 2.45) is 0 Å². The highest BCUT2D eigenvalue weighted by Crippen LogP contribution is 2.24. The lowest BCUT2D eigenvalue weighted by Gasteiger charge is -2.04. The highest BCUT2D eigenvalue weighted by molar-refractivity contribution is 14.1. The summed E-state index contributed by atoms with van der Waals surface area (Å²) in [4.78, 5) is 12.2. The number of carbonyl (C=O) groups excluding carboxylic acids is 1. The Balaban J connectivity index is 1.68. The summed E-state index contributed by atoms with van der Waals surface area (Å²) in [6.07, 6.45) is 0. The van der Waals surface area contributed by atoms with Gasteiger partial charge in [-0.15, -0.1) is 0 Å². The molecule has 0 unspecified atom stereocenters. The van der Waals surface area contributed by atoms with Gasteiger partial charge in [0.25, 0.3) is 5.91 Å². The average molecular weight is 434 g/mol. The molecule has 3 aromatic rings. The number of amides is 1. The number of carbonyl (C=O) groups is 1. The van der Waals surface area contributed by atoms with Gasteiger partial charge in [-0.25, -0.2) is 0 Å². The summed E-state index contributed by atoms with van der Waals surface area (Å²) in [5, 5.41) is 6.86. The molecular weight excluding hydrogens is 419 g/mol. The number of benzene rings is 2. The van der Waals surface area contributed by atoms with E-state index in [4.69, 9.17) is 9.26 Å². The fourth-order valence-electron chi connectivity index (χ4n) is 2.22. The molecule has 24 heavy (non-hydrogen) atoms. The number of hydrogen-bond acceptors (Lipinski definition) is 4. The molecule has 0 fully saturated rings. The van der Waals surface area contributed by atoms with Gasteiger partial charge in [-0.3, -0.25) is 4.79 Å². The van der Waals surface area contributed by atoms with E-state index in [0.717, 1.165) is 14.9 Å². The van der Waals surface area contributed by atoms with Crippen LogP contribution in [0, 0.1) is 3.57 Å². The topological polar surface area (TPSA) is 64.4 Å². The van der Waals surface area contributed by atoms with Crippen molar-refractivity contribution >= 4 is 28.5 Å². The molecule has 2 aromatic carbocycles. The van der Waals surface area contributed by atoms with Gasteiger partial charge in [0, 0.05) is 15.2 Å². The SMILES string of the molecule is COc1cccc(-c2cc(CNC(=O)c3ccccc3I)no2)c1. The molecule has 0 radical (unpaired) electrons. The Labute approximate surface area is 153 Å². The Morgan fingerprint density at radius 2 is 2.04 bits per heavy atom. The number of ether oxygens (including phenoxy) is 1. The maximum absolute atomic E-state index is 12.2. The zero-order valence-electron chi connectivity index (χ0n) is 13.0. The van der Waals surface area contributed by atoms with Crippen LogP contribution in [0.5, 0.6) is 5.75 Å². The first-order chi connectivity index (χ1) is 11.7. The second-order valence-corrected chi connectivity index (χ2v) is 6.24. The van der Waals surface area contributed by atoms with E-state index in [1.54, 1.807) is 13.2 Å². The molecule has 0 saturated carbocycles. The number of nitrogens with zero attached hydrogens (tertiary/aromatic N) is 1. The molecule has 1 heterocycles. The molecule has 122 valence electrons. The van der Waals surface area contributed by atoms with Crippen LogP contribution >= 0.6 is 22.6 Å². The number of rotatable bonds is 5. The molecule has 0 spiro atoms. The van der Waals surface area contributed by atoms with Crippen molar-refractivity contribution in [3.05, 3.63) is 69.4 Å². The Bertz CT molecular complexity index is 861. The fourth-order valence-corrected chi connectivity index (χ4v) is 2.85. The molecule has 0 saturated heterocycles. The van der Waals surface area contributed by atoms with E-state index in [1.807, 2.05) is 48.5 Å². The Kier molecular flexibility index (Phi) is 5.14. The van der Waals surface area contributed by atoms with Crippen LogP contribution in [-0.2, 0) is 6.54 Å². The van der Waals surface area contributed by atoms with Crippen LogP contribution in [-0.4, -0.2) is 18.2 Å². The predicted molar refractivity (Wildman–Crippen MR) is 98.8 cm³/mol. The molecule has 0 aliphatic heterocycles. The molecule has 0 aliphatic carbocycles. The van der Waals surface area contributed by atoms with Crippen LogP contribution in [0.4, 0.5) is 0 Å². The molecule has 1 N–H and O–H groups in total. The molecule has 1 aromatic heterocycles. The molecule has 3 rings (SSSR count). The normalized spacial score (nSPS) is 10.4. The number of aromatic nitrogens is 1. The Hall–Kier alpha value is -2.35. The maximum Gasteiger partial charge on any atom is 0.252 e. The third-order valence-corrected chi connectivity index (χ3v) is 4.40. The maximum atomic E-state index is 12.2. The summed E-state index contributed by atoms with van der Waals surface area (Å²) in [7, 11) is 1.62. The van der Waals surface area contributed by atoms with Crippen molar-refractivity contribution in [1.29, 1.82) is 0 Å². The van der Waals surface area contributed by atoms with Gasteiger partial charge in [0.05, 0.1) is 19.2 Å². The van der Waals surface area contributed by atoms with Crippen molar-refractivity contribution in [2.45, 2.75) is 6.54 Å². The number of hydrogen-bond donors (Lipinski definition) is 1. The summed E-state index contributed by atoms with van der Waals surface area (Å²) < 4.78 is 11.5. The molecule has 6 heteroatoms. The number of halogens is 1. The minimum absolute atomic E-state index is 0.133. The van der Waals surface area contributed by atoms with Gasteiger partial charge in [0.2, 0.25) is 0 Å². The quantitative estimate of drug-likeness (QED) is 0.620. The molecule has 0 aliphatic rings. The van der Waals surface area contributed by atoms with Gasteiger partial charge >= 0.3 is 0 Å². The van der Waals surface area contributed by atoms with E-state index in [9.17, 15) is 4.79 Å². The third-order valence-electron chi connectivity index (χ3n) is 3.46. The minimum atomic E-state index is -0.133. The first kappa shape index (κ1) is 16.5. The van der Waals surface area contributed by atoms with E-state index >= 15 is 0 Å². The van der Waals surface area contributed by atoms with Crippen molar-refractivity contribution in [3.8, 4) is 17.1 Å². The van der Waals surface area contributed by atoms with Gasteiger partial charge in [0.15, 0.2) is 5.76 Å².